The Balaban J connectivity index is 1.38. The molecule has 0 radical (unpaired) electrons. The van der Waals surface area contributed by atoms with E-state index in [1.165, 1.54) is 16.8 Å². The molecule has 1 saturated carbocycles. The summed E-state index contributed by atoms with van der Waals surface area (Å²) >= 11 is 0. The Morgan fingerprint density at radius 3 is 2.68 bits per heavy atom. The van der Waals surface area contributed by atoms with E-state index >= 15 is 0 Å². The average Bonchev–Trinajstić information content (AvgIpc) is 3.31. The van der Waals surface area contributed by atoms with Crippen molar-refractivity contribution >= 4 is 5.97 Å². The molecule has 1 heterocycles. The average molecular weight is 338 g/mol. The Morgan fingerprint density at radius 2 is 1.92 bits per heavy atom. The van der Waals surface area contributed by atoms with Crippen LogP contribution >= 0.6 is 0 Å². The Hall–Kier alpha value is -3.09. The van der Waals surface area contributed by atoms with E-state index in [9.17, 15) is 9.18 Å². The highest BCUT2D eigenvalue weighted by atomic mass is 19.1. The number of carbonyl (C=O) groups excluding carboxylic acids is 1. The van der Waals surface area contributed by atoms with Crippen LogP contribution in [0.1, 0.15) is 23.7 Å². The highest BCUT2D eigenvalue weighted by molar-refractivity contribution is 5.77. The second-order valence-corrected chi connectivity index (χ2v) is 5.95. The van der Waals surface area contributed by atoms with E-state index in [0.717, 1.165) is 11.3 Å². The third-order valence-corrected chi connectivity index (χ3v) is 4.27. The van der Waals surface area contributed by atoms with E-state index in [4.69, 9.17) is 4.74 Å². The lowest BCUT2D eigenvalue weighted by molar-refractivity contribution is -0.146. The van der Waals surface area contributed by atoms with Gasteiger partial charge in [0.15, 0.2) is 12.4 Å². The molecular formula is C18H15FN4O2. The molecule has 1 aliphatic rings. The molecule has 126 valence electrons. The molecular weight excluding hydrogens is 323 g/mol. The molecule has 1 aliphatic carbocycles. The summed E-state index contributed by atoms with van der Waals surface area (Å²) in [5, 5.41) is 11.5. The van der Waals surface area contributed by atoms with Crippen molar-refractivity contribution in [1.29, 1.82) is 0 Å². The Labute approximate surface area is 143 Å². The Morgan fingerprint density at radius 1 is 1.16 bits per heavy atom. The van der Waals surface area contributed by atoms with Crippen molar-refractivity contribution in [3.05, 3.63) is 71.8 Å². The lowest BCUT2D eigenvalue weighted by Gasteiger charge is -2.06. The van der Waals surface area contributed by atoms with Crippen molar-refractivity contribution in [2.24, 2.45) is 5.92 Å². The summed E-state index contributed by atoms with van der Waals surface area (Å²) in [5.41, 5.74) is 1.76. The number of benzene rings is 2. The highest BCUT2D eigenvalue weighted by Gasteiger charge is 2.45. The first-order valence-corrected chi connectivity index (χ1v) is 7.97. The summed E-state index contributed by atoms with van der Waals surface area (Å²) in [6, 6.07) is 15.6. The van der Waals surface area contributed by atoms with Crippen molar-refractivity contribution in [2.75, 3.05) is 0 Å². The topological polar surface area (TPSA) is 69.9 Å². The number of hydrogen-bond acceptors (Lipinski definition) is 5. The molecule has 25 heavy (non-hydrogen) atoms. The van der Waals surface area contributed by atoms with Gasteiger partial charge in [0, 0.05) is 0 Å². The number of hydrogen-bond donors (Lipinski definition) is 0. The van der Waals surface area contributed by atoms with Crippen LogP contribution in [0.15, 0.2) is 54.6 Å². The van der Waals surface area contributed by atoms with Gasteiger partial charge in [-0.1, -0.05) is 30.3 Å². The fourth-order valence-electron chi connectivity index (χ4n) is 2.84. The fourth-order valence-corrected chi connectivity index (χ4v) is 2.84. The van der Waals surface area contributed by atoms with E-state index in [1.54, 1.807) is 12.1 Å². The maximum Gasteiger partial charge on any atom is 0.310 e. The molecule has 4 rings (SSSR count). The minimum absolute atomic E-state index is 0.00731. The standard InChI is InChI=1S/C18H15FN4O2/c19-13-8-6-12(7-9-13)15-10-16(15)18(24)25-11-17-20-21-22-23(17)14-4-2-1-3-5-14/h1-9,15-16H,10-11H2/t15-,16-/m0/s1. The van der Waals surface area contributed by atoms with Gasteiger partial charge in [0.05, 0.1) is 11.6 Å². The Kier molecular flexibility index (Phi) is 3.97. The van der Waals surface area contributed by atoms with E-state index in [-0.39, 0.29) is 30.2 Å². The molecule has 1 fully saturated rings. The van der Waals surface area contributed by atoms with Crippen LogP contribution in [0.25, 0.3) is 5.69 Å². The molecule has 0 amide bonds. The van der Waals surface area contributed by atoms with E-state index in [2.05, 4.69) is 15.5 Å². The van der Waals surface area contributed by atoms with Crippen LogP contribution in [0.2, 0.25) is 0 Å². The lowest BCUT2D eigenvalue weighted by atomic mass is 10.1. The number of carbonyl (C=O) groups is 1. The van der Waals surface area contributed by atoms with Gasteiger partial charge in [0.25, 0.3) is 0 Å². The summed E-state index contributed by atoms with van der Waals surface area (Å²) in [6.45, 7) is 0.00731. The summed E-state index contributed by atoms with van der Waals surface area (Å²) in [6.07, 6.45) is 0.716. The molecule has 0 aliphatic heterocycles. The van der Waals surface area contributed by atoms with Crippen molar-refractivity contribution in [2.45, 2.75) is 18.9 Å². The summed E-state index contributed by atoms with van der Waals surface area (Å²) in [5.74, 6) is -0.198. The van der Waals surface area contributed by atoms with Crippen LogP contribution < -0.4 is 0 Å². The molecule has 6 nitrogen and oxygen atoms in total. The number of rotatable bonds is 5. The number of nitrogens with zero attached hydrogens (tertiary/aromatic N) is 4. The number of esters is 1. The van der Waals surface area contributed by atoms with Crippen molar-refractivity contribution in [1.82, 2.24) is 20.2 Å². The normalized spacial score (nSPS) is 18.8. The van der Waals surface area contributed by atoms with Crippen LogP contribution in [0.5, 0.6) is 0 Å². The summed E-state index contributed by atoms with van der Waals surface area (Å²) < 4.78 is 19.9. The zero-order chi connectivity index (χ0) is 17.2. The number of para-hydroxylation sites is 1. The first-order chi connectivity index (χ1) is 12.2. The van der Waals surface area contributed by atoms with Gasteiger partial charge in [-0.3, -0.25) is 4.79 Å². The number of halogens is 1. The second kappa shape index (κ2) is 6.43. The second-order valence-electron chi connectivity index (χ2n) is 5.95. The zero-order valence-electron chi connectivity index (χ0n) is 13.2. The van der Waals surface area contributed by atoms with Crippen LogP contribution in [0, 0.1) is 11.7 Å². The fraction of sp³-hybridized carbons (Fsp3) is 0.222. The zero-order valence-corrected chi connectivity index (χ0v) is 13.2. The highest BCUT2D eigenvalue weighted by Crippen LogP contribution is 2.48. The van der Waals surface area contributed by atoms with Gasteiger partial charge in [-0.05, 0) is 52.6 Å². The van der Waals surface area contributed by atoms with Crippen molar-refractivity contribution < 1.29 is 13.9 Å². The van der Waals surface area contributed by atoms with Crippen LogP contribution in [-0.2, 0) is 16.1 Å². The first-order valence-electron chi connectivity index (χ1n) is 7.97. The number of aromatic nitrogens is 4. The van der Waals surface area contributed by atoms with Crippen molar-refractivity contribution in [3.8, 4) is 5.69 Å². The molecule has 2 aromatic carbocycles. The third kappa shape index (κ3) is 3.26. The molecule has 0 N–H and O–H groups in total. The quantitative estimate of drug-likeness (QED) is 0.669. The molecule has 2 atom stereocenters. The number of ether oxygens (including phenoxy) is 1. The molecule has 0 bridgehead atoms. The maximum atomic E-state index is 13.0. The molecule has 0 spiro atoms. The number of tetrazole rings is 1. The largest absolute Gasteiger partial charge is 0.457 e. The van der Waals surface area contributed by atoms with Crippen LogP contribution in [0.3, 0.4) is 0 Å². The van der Waals surface area contributed by atoms with E-state index < -0.39 is 0 Å². The van der Waals surface area contributed by atoms with Gasteiger partial charge < -0.3 is 4.74 Å². The predicted molar refractivity (Wildman–Crippen MR) is 86.2 cm³/mol. The smallest absolute Gasteiger partial charge is 0.310 e. The molecule has 0 saturated heterocycles. The van der Waals surface area contributed by atoms with Gasteiger partial charge in [0.2, 0.25) is 0 Å². The minimum Gasteiger partial charge on any atom is -0.457 e. The summed E-state index contributed by atoms with van der Waals surface area (Å²) in [7, 11) is 0. The SMILES string of the molecule is O=C(OCc1nnnn1-c1ccccc1)[C@H]1C[C@H]1c1ccc(F)cc1. The monoisotopic (exact) mass is 338 g/mol. The van der Waals surface area contributed by atoms with Crippen LogP contribution in [-0.4, -0.2) is 26.2 Å². The third-order valence-electron chi connectivity index (χ3n) is 4.27. The maximum absolute atomic E-state index is 13.0. The van der Waals surface area contributed by atoms with Crippen LogP contribution in [0.4, 0.5) is 4.39 Å². The van der Waals surface area contributed by atoms with Gasteiger partial charge >= 0.3 is 5.97 Å². The lowest BCUT2D eigenvalue weighted by Crippen LogP contribution is -2.11. The molecule has 0 unspecified atom stereocenters. The van der Waals surface area contributed by atoms with E-state index in [0.29, 0.717) is 12.2 Å². The molecule has 3 aromatic rings. The predicted octanol–water partition coefficient (Wildman–Crippen LogP) is 2.65. The van der Waals surface area contributed by atoms with Gasteiger partial charge in [-0.2, -0.15) is 4.68 Å². The van der Waals surface area contributed by atoms with Gasteiger partial charge in [-0.15, -0.1) is 5.10 Å². The minimum atomic E-state index is -0.281. The summed E-state index contributed by atoms with van der Waals surface area (Å²) in [4.78, 5) is 12.2. The molecule has 7 heteroatoms. The van der Waals surface area contributed by atoms with Gasteiger partial charge in [0.1, 0.15) is 5.82 Å². The van der Waals surface area contributed by atoms with E-state index in [1.807, 2.05) is 30.3 Å². The van der Waals surface area contributed by atoms with Gasteiger partial charge in [-0.25, -0.2) is 4.39 Å². The Bertz CT molecular complexity index is 880. The van der Waals surface area contributed by atoms with Crippen molar-refractivity contribution in [3.63, 3.8) is 0 Å². The molecule has 1 aromatic heterocycles. The first kappa shape index (κ1) is 15.4.